The van der Waals surface area contributed by atoms with Crippen molar-refractivity contribution in [1.29, 1.82) is 0 Å². The van der Waals surface area contributed by atoms with E-state index in [9.17, 15) is 4.79 Å². The van der Waals surface area contributed by atoms with Crippen LogP contribution in [0.4, 0.5) is 17.1 Å². The van der Waals surface area contributed by atoms with Crippen molar-refractivity contribution in [3.8, 4) is 11.4 Å². The monoisotopic (exact) mass is 396 g/mol. The van der Waals surface area contributed by atoms with Crippen LogP contribution in [0, 0.1) is 0 Å². The molecule has 0 saturated carbocycles. The van der Waals surface area contributed by atoms with E-state index in [-0.39, 0.29) is 5.91 Å². The van der Waals surface area contributed by atoms with Crippen molar-refractivity contribution in [2.45, 2.75) is 0 Å². The molecule has 0 spiro atoms. The van der Waals surface area contributed by atoms with Gasteiger partial charge in [-0.2, -0.15) is 0 Å². The fourth-order valence-electron chi connectivity index (χ4n) is 3.34. The molecule has 0 bridgehead atoms. The lowest BCUT2D eigenvalue weighted by molar-refractivity contribution is -0.110. The number of nitrogens with one attached hydrogen (secondary N) is 3. The van der Waals surface area contributed by atoms with E-state index in [1.54, 1.807) is 18.3 Å². The Morgan fingerprint density at radius 2 is 1.90 bits per heavy atom. The Hall–Kier alpha value is -4.53. The summed E-state index contributed by atoms with van der Waals surface area (Å²) in [6, 6.07) is 18.5. The summed E-state index contributed by atoms with van der Waals surface area (Å²) in [6.07, 6.45) is 1.69. The summed E-state index contributed by atoms with van der Waals surface area (Å²) < 4.78 is 0. The first-order chi connectivity index (χ1) is 14.7. The number of carbonyl (C=O) groups excluding carboxylic acids is 1. The minimum Gasteiger partial charge on any atom is -0.399 e. The molecule has 9 nitrogen and oxygen atoms in total. The molecule has 0 atom stereocenters. The largest absolute Gasteiger partial charge is 0.399 e. The van der Waals surface area contributed by atoms with Crippen molar-refractivity contribution in [1.82, 2.24) is 25.6 Å². The maximum absolute atomic E-state index is 12.9. The number of pyridine rings is 1. The molecule has 1 aliphatic heterocycles. The van der Waals surface area contributed by atoms with Gasteiger partial charge in [-0.25, -0.2) is 5.10 Å². The summed E-state index contributed by atoms with van der Waals surface area (Å²) in [4.78, 5) is 17.3. The van der Waals surface area contributed by atoms with Gasteiger partial charge in [0.25, 0.3) is 5.91 Å². The number of nitrogens with zero attached hydrogens (tertiary/aromatic N) is 4. The van der Waals surface area contributed by atoms with Gasteiger partial charge in [-0.15, -0.1) is 5.10 Å². The number of rotatable bonds is 4. The molecule has 2 aromatic heterocycles. The van der Waals surface area contributed by atoms with Gasteiger partial charge in [0.1, 0.15) is 0 Å². The highest BCUT2D eigenvalue weighted by molar-refractivity contribution is 6.37. The van der Waals surface area contributed by atoms with E-state index in [1.807, 2.05) is 48.5 Å². The highest BCUT2D eigenvalue weighted by Crippen LogP contribution is 2.38. The highest BCUT2D eigenvalue weighted by atomic mass is 16.2. The van der Waals surface area contributed by atoms with Gasteiger partial charge in [0.2, 0.25) is 0 Å². The summed E-state index contributed by atoms with van der Waals surface area (Å²) >= 11 is 0. The fraction of sp³-hybridized carbons (Fsp3) is 0. The van der Waals surface area contributed by atoms with Crippen molar-refractivity contribution in [3.05, 3.63) is 78.1 Å². The molecule has 0 aliphatic carbocycles. The van der Waals surface area contributed by atoms with Gasteiger partial charge in [-0.3, -0.25) is 9.78 Å². The number of amides is 1. The van der Waals surface area contributed by atoms with Gasteiger partial charge >= 0.3 is 0 Å². The number of aromatic amines is 1. The molecule has 1 aliphatic rings. The normalized spacial score (nSPS) is 14.2. The second-order valence-electron chi connectivity index (χ2n) is 6.68. The quantitative estimate of drug-likeness (QED) is 0.308. The van der Waals surface area contributed by atoms with E-state index in [1.165, 1.54) is 0 Å². The molecule has 1 amide bonds. The topological polar surface area (TPSA) is 134 Å². The number of hydrogen-bond donors (Lipinski definition) is 4. The van der Waals surface area contributed by atoms with Crippen LogP contribution in [0.25, 0.3) is 22.7 Å². The molecule has 4 aromatic rings. The second-order valence-corrected chi connectivity index (χ2v) is 6.68. The minimum atomic E-state index is -0.215. The molecule has 0 radical (unpaired) electrons. The fourth-order valence-corrected chi connectivity index (χ4v) is 3.34. The third-order valence-corrected chi connectivity index (χ3v) is 4.73. The lowest BCUT2D eigenvalue weighted by Crippen LogP contribution is -2.10. The molecule has 0 saturated heterocycles. The molecule has 5 N–H and O–H groups in total. The molecule has 9 heteroatoms. The first-order valence-electron chi connectivity index (χ1n) is 9.17. The summed E-state index contributed by atoms with van der Waals surface area (Å²) in [5, 5.41) is 20.1. The van der Waals surface area contributed by atoms with Gasteiger partial charge in [0, 0.05) is 28.7 Å². The van der Waals surface area contributed by atoms with Crippen LogP contribution in [0.2, 0.25) is 0 Å². The lowest BCUT2D eigenvalue weighted by Gasteiger charge is -2.14. The van der Waals surface area contributed by atoms with Crippen LogP contribution in [0.1, 0.15) is 11.3 Å². The zero-order valence-electron chi connectivity index (χ0n) is 15.6. The molecule has 30 heavy (non-hydrogen) atoms. The molecular weight excluding hydrogens is 380 g/mol. The number of hydrogen-bond acceptors (Lipinski definition) is 7. The Balaban J connectivity index is 1.59. The number of benzene rings is 2. The predicted molar refractivity (Wildman–Crippen MR) is 114 cm³/mol. The third-order valence-electron chi connectivity index (χ3n) is 4.73. The van der Waals surface area contributed by atoms with Crippen molar-refractivity contribution in [3.63, 3.8) is 0 Å². The maximum Gasteiger partial charge on any atom is 0.258 e. The third kappa shape index (κ3) is 3.14. The Morgan fingerprint density at radius 1 is 1.03 bits per heavy atom. The smallest absolute Gasteiger partial charge is 0.258 e. The van der Waals surface area contributed by atoms with Crippen molar-refractivity contribution in [2.24, 2.45) is 0 Å². The number of anilines is 3. The number of nitrogen functional groups attached to an aromatic ring is 1. The van der Waals surface area contributed by atoms with Crippen molar-refractivity contribution >= 4 is 34.2 Å². The van der Waals surface area contributed by atoms with E-state index in [0.717, 1.165) is 16.8 Å². The average Bonchev–Trinajstić information content (AvgIpc) is 3.41. The van der Waals surface area contributed by atoms with Crippen LogP contribution >= 0.6 is 0 Å². The molecule has 3 heterocycles. The number of nitrogens with two attached hydrogens (primary N) is 1. The van der Waals surface area contributed by atoms with E-state index in [4.69, 9.17) is 5.73 Å². The zero-order chi connectivity index (χ0) is 20.5. The number of fused-ring (bicyclic) bond motifs is 1. The first-order valence-corrected chi connectivity index (χ1v) is 9.17. The van der Waals surface area contributed by atoms with E-state index < -0.39 is 0 Å². The van der Waals surface area contributed by atoms with Crippen LogP contribution in [0.15, 0.2) is 66.9 Å². The average molecular weight is 396 g/mol. The number of H-pyrrole nitrogens is 1. The summed E-state index contributed by atoms with van der Waals surface area (Å²) in [6.45, 7) is 0. The van der Waals surface area contributed by atoms with E-state index in [0.29, 0.717) is 34.2 Å². The summed E-state index contributed by atoms with van der Waals surface area (Å²) in [7, 11) is 0. The van der Waals surface area contributed by atoms with E-state index in [2.05, 4.69) is 36.2 Å². The predicted octanol–water partition coefficient (Wildman–Crippen LogP) is 2.78. The summed E-state index contributed by atoms with van der Waals surface area (Å²) in [5.74, 6) is 0.361. The number of aromatic nitrogens is 5. The highest BCUT2D eigenvalue weighted by Gasteiger charge is 2.29. The SMILES string of the molecule is Nc1ccc2c(c1)NC(=O)/C2=C(\Nc1ccc(-c2nnn[nH]2)cc1)c1ccccn1. The molecule has 0 fully saturated rings. The first kappa shape index (κ1) is 17.6. The van der Waals surface area contributed by atoms with Crippen LogP contribution in [0.5, 0.6) is 0 Å². The lowest BCUT2D eigenvalue weighted by atomic mass is 10.0. The standard InChI is InChI=1S/C21H16N8O/c22-13-6-9-15-17(11-13)25-21(30)18(15)19(16-3-1-2-10-23-16)24-14-7-4-12(5-8-14)20-26-28-29-27-20/h1-11,24H,22H2,(H,25,30)(H,26,27,28,29)/b19-18-. The molecule has 2 aromatic carbocycles. The van der Waals surface area contributed by atoms with Gasteiger partial charge in [-0.1, -0.05) is 6.07 Å². The minimum absolute atomic E-state index is 0.215. The van der Waals surface area contributed by atoms with Gasteiger partial charge in [-0.05, 0) is 65.0 Å². The zero-order valence-corrected chi connectivity index (χ0v) is 15.6. The Labute approximate surface area is 171 Å². The summed E-state index contributed by atoms with van der Waals surface area (Å²) in [5.41, 5.74) is 11.3. The maximum atomic E-state index is 12.9. The Morgan fingerprint density at radius 3 is 2.63 bits per heavy atom. The van der Waals surface area contributed by atoms with Crippen LogP contribution in [-0.2, 0) is 4.79 Å². The van der Waals surface area contributed by atoms with Gasteiger partial charge < -0.3 is 16.4 Å². The number of carbonyl (C=O) groups is 1. The molecule has 5 rings (SSSR count). The van der Waals surface area contributed by atoms with E-state index >= 15 is 0 Å². The van der Waals surface area contributed by atoms with Crippen LogP contribution in [0.3, 0.4) is 0 Å². The van der Waals surface area contributed by atoms with Crippen LogP contribution < -0.4 is 16.4 Å². The van der Waals surface area contributed by atoms with Crippen molar-refractivity contribution < 1.29 is 4.79 Å². The molecule has 146 valence electrons. The van der Waals surface area contributed by atoms with Gasteiger partial charge in [0.15, 0.2) is 5.82 Å². The molecule has 0 unspecified atom stereocenters. The Kier molecular flexibility index (Phi) is 4.18. The number of tetrazole rings is 1. The molecular formula is C21H16N8O. The van der Waals surface area contributed by atoms with Crippen LogP contribution in [-0.4, -0.2) is 31.5 Å². The van der Waals surface area contributed by atoms with Crippen molar-refractivity contribution in [2.75, 3.05) is 16.4 Å². The Bertz CT molecular complexity index is 1250. The van der Waals surface area contributed by atoms with Gasteiger partial charge in [0.05, 0.1) is 22.7 Å². The second kappa shape index (κ2) is 7.13.